The lowest BCUT2D eigenvalue weighted by Crippen LogP contribution is -2.55. The highest BCUT2D eigenvalue weighted by Crippen LogP contribution is 2.37. The molecule has 0 unspecified atom stereocenters. The highest BCUT2D eigenvalue weighted by atomic mass is 79.9. The molecule has 0 aromatic heterocycles. The second-order valence-corrected chi connectivity index (χ2v) is 5.40. The number of nitrogens with one attached hydrogen (secondary N) is 1. The van der Waals surface area contributed by atoms with Crippen LogP contribution in [0.1, 0.15) is 25.3 Å². The highest BCUT2D eigenvalue weighted by molar-refractivity contribution is 9.10. The molecule has 1 aromatic rings. The molecule has 1 aliphatic heterocycles. The van der Waals surface area contributed by atoms with Gasteiger partial charge in [0.05, 0.1) is 10.2 Å². The van der Waals surface area contributed by atoms with Crippen LogP contribution in [-0.2, 0) is 15.0 Å². The van der Waals surface area contributed by atoms with Crippen LogP contribution in [0.2, 0.25) is 0 Å². The Balaban J connectivity index is 2.44. The van der Waals surface area contributed by atoms with E-state index >= 15 is 0 Å². The molecule has 1 heterocycles. The summed E-state index contributed by atoms with van der Waals surface area (Å²) in [4.78, 5) is 23.3. The maximum absolute atomic E-state index is 12.2. The fourth-order valence-corrected chi connectivity index (χ4v) is 2.98. The largest absolute Gasteiger partial charge is 0.295 e. The van der Waals surface area contributed by atoms with Gasteiger partial charge < -0.3 is 0 Å². The van der Waals surface area contributed by atoms with Crippen LogP contribution in [0.5, 0.6) is 0 Å². The van der Waals surface area contributed by atoms with Gasteiger partial charge >= 0.3 is 0 Å². The summed E-state index contributed by atoms with van der Waals surface area (Å²) in [6, 6.07) is 9.64. The molecule has 1 aliphatic rings. The second-order valence-electron chi connectivity index (χ2n) is 4.29. The fourth-order valence-electron chi connectivity index (χ4n) is 2.32. The van der Waals surface area contributed by atoms with Crippen LogP contribution < -0.4 is 5.32 Å². The van der Waals surface area contributed by atoms with Gasteiger partial charge in [0, 0.05) is 0 Å². The van der Waals surface area contributed by atoms with Gasteiger partial charge in [-0.15, -0.1) is 0 Å². The number of piperidine rings is 1. The van der Waals surface area contributed by atoms with E-state index in [0.717, 1.165) is 5.56 Å². The number of rotatable bonds is 2. The molecule has 0 radical (unpaired) electrons. The molecule has 2 atom stereocenters. The highest BCUT2D eigenvalue weighted by Gasteiger charge is 2.46. The van der Waals surface area contributed by atoms with Crippen molar-refractivity contribution in [3.8, 4) is 0 Å². The standard InChI is InChI=1S/C13H14BrNO2/c1-2-13(9-6-4-3-5-7-9)8-10(14)11(16)15-12(13)17/h3-7,10H,2,8H2,1H3,(H,15,16,17)/t10-,13-/m1/s1. The van der Waals surface area contributed by atoms with Gasteiger partial charge in [0.15, 0.2) is 0 Å². The molecule has 4 heteroatoms. The molecule has 3 nitrogen and oxygen atoms in total. The molecule has 1 aromatic carbocycles. The van der Waals surface area contributed by atoms with E-state index in [0.29, 0.717) is 12.8 Å². The van der Waals surface area contributed by atoms with E-state index in [4.69, 9.17) is 0 Å². The van der Waals surface area contributed by atoms with Gasteiger partial charge in [-0.1, -0.05) is 53.2 Å². The maximum Gasteiger partial charge on any atom is 0.240 e. The number of hydrogen-bond donors (Lipinski definition) is 1. The molecule has 90 valence electrons. The van der Waals surface area contributed by atoms with Gasteiger partial charge in [0.2, 0.25) is 11.8 Å². The van der Waals surface area contributed by atoms with Crippen LogP contribution >= 0.6 is 15.9 Å². The molecule has 0 spiro atoms. The van der Waals surface area contributed by atoms with E-state index in [-0.39, 0.29) is 16.6 Å². The van der Waals surface area contributed by atoms with Crippen LogP contribution in [0, 0.1) is 0 Å². The summed E-state index contributed by atoms with van der Waals surface area (Å²) in [6.45, 7) is 1.97. The third kappa shape index (κ3) is 2.02. The third-order valence-electron chi connectivity index (χ3n) is 3.41. The average Bonchev–Trinajstić information content (AvgIpc) is 2.35. The Morgan fingerprint density at radius 2 is 2.00 bits per heavy atom. The van der Waals surface area contributed by atoms with Crippen molar-refractivity contribution < 1.29 is 9.59 Å². The van der Waals surface area contributed by atoms with Crippen molar-refractivity contribution in [2.75, 3.05) is 0 Å². The molecular weight excluding hydrogens is 282 g/mol. The van der Waals surface area contributed by atoms with Crippen LogP contribution in [0.25, 0.3) is 0 Å². The first-order chi connectivity index (χ1) is 8.10. The summed E-state index contributed by atoms with van der Waals surface area (Å²) in [7, 11) is 0. The van der Waals surface area contributed by atoms with Crippen molar-refractivity contribution in [1.29, 1.82) is 0 Å². The number of alkyl halides is 1. The Labute approximate surface area is 109 Å². The quantitative estimate of drug-likeness (QED) is 0.671. The van der Waals surface area contributed by atoms with Gasteiger partial charge in [-0.3, -0.25) is 14.9 Å². The first-order valence-electron chi connectivity index (χ1n) is 5.65. The SMILES string of the molecule is CC[C@]1(c2ccccc2)C[C@@H](Br)C(=O)NC1=O. The number of benzene rings is 1. The topological polar surface area (TPSA) is 46.2 Å². The zero-order valence-corrected chi connectivity index (χ0v) is 11.2. The van der Waals surface area contributed by atoms with E-state index in [9.17, 15) is 9.59 Å². The van der Waals surface area contributed by atoms with Gasteiger partial charge in [0.1, 0.15) is 0 Å². The van der Waals surface area contributed by atoms with E-state index in [1.807, 2.05) is 37.3 Å². The number of carbonyl (C=O) groups is 2. The molecule has 1 saturated heterocycles. The first-order valence-corrected chi connectivity index (χ1v) is 6.56. The van der Waals surface area contributed by atoms with E-state index in [1.165, 1.54) is 0 Å². The van der Waals surface area contributed by atoms with Crippen LogP contribution in [0.3, 0.4) is 0 Å². The number of carbonyl (C=O) groups excluding carboxylic acids is 2. The van der Waals surface area contributed by atoms with Crippen molar-refractivity contribution in [1.82, 2.24) is 5.32 Å². The minimum atomic E-state index is -0.594. The van der Waals surface area contributed by atoms with Gasteiger partial charge in [-0.25, -0.2) is 0 Å². The lowest BCUT2D eigenvalue weighted by molar-refractivity contribution is -0.137. The summed E-state index contributed by atoms with van der Waals surface area (Å²) in [5.41, 5.74) is 0.375. The van der Waals surface area contributed by atoms with Gasteiger partial charge in [0.25, 0.3) is 0 Å². The predicted octanol–water partition coefficient (Wildman–Crippen LogP) is 2.14. The first kappa shape index (κ1) is 12.3. The number of halogens is 1. The summed E-state index contributed by atoms with van der Waals surface area (Å²) >= 11 is 3.33. The smallest absolute Gasteiger partial charge is 0.240 e. The second kappa shape index (κ2) is 4.61. The summed E-state index contributed by atoms with van der Waals surface area (Å²) in [5, 5.41) is 2.44. The van der Waals surface area contributed by atoms with E-state index in [2.05, 4.69) is 21.2 Å². The monoisotopic (exact) mass is 295 g/mol. The molecule has 0 saturated carbocycles. The lowest BCUT2D eigenvalue weighted by Gasteiger charge is -2.37. The van der Waals surface area contributed by atoms with Crippen LogP contribution in [0.15, 0.2) is 30.3 Å². The molecule has 0 aliphatic carbocycles. The zero-order chi connectivity index (χ0) is 12.5. The average molecular weight is 296 g/mol. The minimum Gasteiger partial charge on any atom is -0.295 e. The van der Waals surface area contributed by atoms with Crippen molar-refractivity contribution in [2.45, 2.75) is 30.0 Å². The molecule has 0 bridgehead atoms. The fraction of sp³-hybridized carbons (Fsp3) is 0.385. The maximum atomic E-state index is 12.2. The van der Waals surface area contributed by atoms with Crippen molar-refractivity contribution in [3.05, 3.63) is 35.9 Å². The Morgan fingerprint density at radius 3 is 2.59 bits per heavy atom. The number of imide groups is 1. The Kier molecular flexibility index (Phi) is 3.33. The summed E-state index contributed by atoms with van der Waals surface area (Å²) in [6.07, 6.45) is 1.19. The van der Waals surface area contributed by atoms with Crippen molar-refractivity contribution in [3.63, 3.8) is 0 Å². The molecule has 1 fully saturated rings. The number of amides is 2. The Morgan fingerprint density at radius 1 is 1.35 bits per heavy atom. The van der Waals surface area contributed by atoms with Crippen molar-refractivity contribution in [2.24, 2.45) is 0 Å². The van der Waals surface area contributed by atoms with Gasteiger partial charge in [-0.05, 0) is 18.4 Å². The molecule has 2 rings (SSSR count). The molecular formula is C13H14BrNO2. The summed E-state index contributed by atoms with van der Waals surface area (Å²) in [5.74, 6) is -0.429. The number of hydrogen-bond acceptors (Lipinski definition) is 2. The van der Waals surface area contributed by atoms with Crippen molar-refractivity contribution >= 4 is 27.7 Å². The third-order valence-corrected chi connectivity index (χ3v) is 4.15. The van der Waals surface area contributed by atoms with Crippen LogP contribution in [-0.4, -0.2) is 16.6 Å². The van der Waals surface area contributed by atoms with E-state index < -0.39 is 5.41 Å². The molecule has 1 N–H and O–H groups in total. The van der Waals surface area contributed by atoms with Gasteiger partial charge in [-0.2, -0.15) is 0 Å². The summed E-state index contributed by atoms with van der Waals surface area (Å²) < 4.78 is 0. The van der Waals surface area contributed by atoms with Crippen LogP contribution in [0.4, 0.5) is 0 Å². The minimum absolute atomic E-state index is 0.188. The molecule has 17 heavy (non-hydrogen) atoms. The normalized spacial score (nSPS) is 28.9. The molecule has 2 amide bonds. The zero-order valence-electron chi connectivity index (χ0n) is 9.57. The lowest BCUT2D eigenvalue weighted by atomic mass is 9.72. The Bertz CT molecular complexity index is 446. The Hall–Kier alpha value is -1.16. The van der Waals surface area contributed by atoms with E-state index in [1.54, 1.807) is 0 Å². The predicted molar refractivity (Wildman–Crippen MR) is 68.9 cm³/mol.